The quantitative estimate of drug-likeness (QED) is 0.542. The number of thioether (sulfide) groups is 1. The summed E-state index contributed by atoms with van der Waals surface area (Å²) >= 11 is 1.91. The molecule has 102 valence electrons. The fraction of sp³-hybridized carbons (Fsp3) is 0.600. The molecule has 0 aliphatic heterocycles. The van der Waals surface area contributed by atoms with E-state index in [9.17, 15) is 0 Å². The van der Waals surface area contributed by atoms with Crippen LogP contribution < -0.4 is 5.32 Å². The lowest BCUT2D eigenvalue weighted by Crippen LogP contribution is -2.17. The molecule has 1 atom stereocenters. The first kappa shape index (κ1) is 15.5. The average Bonchev–Trinajstić information content (AvgIpc) is 2.39. The highest BCUT2D eigenvalue weighted by Crippen LogP contribution is 2.22. The fourth-order valence-corrected chi connectivity index (χ4v) is 2.69. The summed E-state index contributed by atoms with van der Waals surface area (Å²) in [5.74, 6) is 1.12. The molecule has 0 saturated carbocycles. The third kappa shape index (κ3) is 5.89. The SMILES string of the molecule is CCNC(C)c1cccc(SCCCOCC)c1. The van der Waals surface area contributed by atoms with Gasteiger partial charge in [0.1, 0.15) is 0 Å². The Hall–Kier alpha value is -0.510. The summed E-state index contributed by atoms with van der Waals surface area (Å²) in [6, 6.07) is 9.25. The summed E-state index contributed by atoms with van der Waals surface area (Å²) in [4.78, 5) is 1.36. The van der Waals surface area contributed by atoms with Gasteiger partial charge >= 0.3 is 0 Å². The molecule has 0 fully saturated rings. The zero-order valence-corrected chi connectivity index (χ0v) is 12.6. The Morgan fingerprint density at radius 1 is 1.33 bits per heavy atom. The van der Waals surface area contributed by atoms with Crippen LogP contribution in [-0.4, -0.2) is 25.5 Å². The van der Waals surface area contributed by atoms with Crippen LogP contribution in [0.15, 0.2) is 29.2 Å². The molecule has 2 nitrogen and oxygen atoms in total. The number of hydrogen-bond donors (Lipinski definition) is 1. The van der Waals surface area contributed by atoms with E-state index in [1.807, 2.05) is 18.7 Å². The predicted octanol–water partition coefficient (Wildman–Crippen LogP) is 3.88. The lowest BCUT2D eigenvalue weighted by atomic mass is 10.1. The lowest BCUT2D eigenvalue weighted by Gasteiger charge is -2.13. The number of ether oxygens (including phenoxy) is 1. The minimum atomic E-state index is 0.430. The van der Waals surface area contributed by atoms with Crippen molar-refractivity contribution in [3.8, 4) is 0 Å². The largest absolute Gasteiger partial charge is 0.382 e. The first-order valence-electron chi connectivity index (χ1n) is 6.81. The van der Waals surface area contributed by atoms with Gasteiger partial charge in [0.25, 0.3) is 0 Å². The molecular formula is C15H25NOS. The molecule has 1 N–H and O–H groups in total. The van der Waals surface area contributed by atoms with Gasteiger partial charge in [-0.25, -0.2) is 0 Å². The lowest BCUT2D eigenvalue weighted by molar-refractivity contribution is 0.149. The molecule has 18 heavy (non-hydrogen) atoms. The van der Waals surface area contributed by atoms with E-state index >= 15 is 0 Å². The van der Waals surface area contributed by atoms with Crippen molar-refractivity contribution < 1.29 is 4.74 Å². The third-order valence-corrected chi connectivity index (χ3v) is 3.85. The van der Waals surface area contributed by atoms with E-state index in [4.69, 9.17) is 4.74 Å². The van der Waals surface area contributed by atoms with E-state index in [0.717, 1.165) is 31.9 Å². The molecule has 0 bridgehead atoms. The molecule has 1 unspecified atom stereocenters. The third-order valence-electron chi connectivity index (χ3n) is 2.77. The Balaban J connectivity index is 2.39. The van der Waals surface area contributed by atoms with Crippen LogP contribution in [0.2, 0.25) is 0 Å². The van der Waals surface area contributed by atoms with Crippen LogP contribution in [0.3, 0.4) is 0 Å². The Kier molecular flexibility index (Phi) is 8.14. The maximum Gasteiger partial charge on any atom is 0.0473 e. The number of rotatable bonds is 9. The summed E-state index contributed by atoms with van der Waals surface area (Å²) in [6.07, 6.45) is 1.12. The minimum Gasteiger partial charge on any atom is -0.382 e. The van der Waals surface area contributed by atoms with Gasteiger partial charge in [-0.15, -0.1) is 11.8 Å². The van der Waals surface area contributed by atoms with Crippen molar-refractivity contribution in [2.24, 2.45) is 0 Å². The van der Waals surface area contributed by atoms with Gasteiger partial charge in [-0.3, -0.25) is 0 Å². The highest BCUT2D eigenvalue weighted by atomic mass is 32.2. The highest BCUT2D eigenvalue weighted by Gasteiger charge is 2.04. The molecule has 1 aromatic carbocycles. The second-order valence-electron chi connectivity index (χ2n) is 4.25. The second-order valence-corrected chi connectivity index (χ2v) is 5.42. The van der Waals surface area contributed by atoms with Crippen molar-refractivity contribution >= 4 is 11.8 Å². The van der Waals surface area contributed by atoms with Crippen LogP contribution >= 0.6 is 11.8 Å². The fourth-order valence-electron chi connectivity index (χ4n) is 1.79. The Morgan fingerprint density at radius 3 is 2.89 bits per heavy atom. The van der Waals surface area contributed by atoms with Gasteiger partial charge in [0.05, 0.1) is 0 Å². The summed E-state index contributed by atoms with van der Waals surface area (Å²) in [5.41, 5.74) is 1.37. The maximum absolute atomic E-state index is 5.34. The van der Waals surface area contributed by atoms with E-state index in [1.54, 1.807) is 0 Å². The molecule has 0 saturated heterocycles. The van der Waals surface area contributed by atoms with Crippen LogP contribution in [0.25, 0.3) is 0 Å². The van der Waals surface area contributed by atoms with E-state index in [-0.39, 0.29) is 0 Å². The number of nitrogens with one attached hydrogen (secondary N) is 1. The predicted molar refractivity (Wildman–Crippen MR) is 80.4 cm³/mol. The van der Waals surface area contributed by atoms with Gasteiger partial charge in [0, 0.05) is 29.9 Å². The molecule has 0 aliphatic rings. The van der Waals surface area contributed by atoms with Crippen molar-refractivity contribution in [3.63, 3.8) is 0 Å². The molecule has 0 spiro atoms. The van der Waals surface area contributed by atoms with Crippen LogP contribution in [0, 0.1) is 0 Å². The Morgan fingerprint density at radius 2 is 2.17 bits per heavy atom. The van der Waals surface area contributed by atoms with Gasteiger partial charge in [0.2, 0.25) is 0 Å². The smallest absolute Gasteiger partial charge is 0.0473 e. The average molecular weight is 267 g/mol. The van der Waals surface area contributed by atoms with Crippen molar-refractivity contribution in [2.45, 2.75) is 38.1 Å². The van der Waals surface area contributed by atoms with E-state index in [1.165, 1.54) is 10.5 Å². The highest BCUT2D eigenvalue weighted by molar-refractivity contribution is 7.99. The minimum absolute atomic E-state index is 0.430. The monoisotopic (exact) mass is 267 g/mol. The Labute approximate surface area is 116 Å². The van der Waals surface area contributed by atoms with Crippen molar-refractivity contribution in [3.05, 3.63) is 29.8 Å². The first-order valence-corrected chi connectivity index (χ1v) is 7.80. The van der Waals surface area contributed by atoms with E-state index < -0.39 is 0 Å². The summed E-state index contributed by atoms with van der Waals surface area (Å²) in [7, 11) is 0. The second kappa shape index (κ2) is 9.42. The zero-order chi connectivity index (χ0) is 13.2. The molecule has 1 aromatic rings. The maximum atomic E-state index is 5.34. The first-order chi connectivity index (χ1) is 8.77. The normalized spacial score (nSPS) is 12.6. The van der Waals surface area contributed by atoms with Crippen molar-refractivity contribution in [1.82, 2.24) is 5.32 Å². The molecule has 3 heteroatoms. The zero-order valence-electron chi connectivity index (χ0n) is 11.7. The molecular weight excluding hydrogens is 242 g/mol. The van der Waals surface area contributed by atoms with Gasteiger partial charge in [-0.2, -0.15) is 0 Å². The van der Waals surface area contributed by atoms with Gasteiger partial charge in [-0.05, 0) is 44.5 Å². The Bertz CT molecular complexity index is 330. The van der Waals surface area contributed by atoms with Crippen LogP contribution in [-0.2, 0) is 4.74 Å². The molecule has 0 aliphatic carbocycles. The van der Waals surface area contributed by atoms with Gasteiger partial charge < -0.3 is 10.1 Å². The van der Waals surface area contributed by atoms with Crippen LogP contribution in [0.5, 0.6) is 0 Å². The van der Waals surface area contributed by atoms with Crippen LogP contribution in [0.1, 0.15) is 38.8 Å². The number of hydrogen-bond acceptors (Lipinski definition) is 3. The van der Waals surface area contributed by atoms with Gasteiger partial charge in [0.15, 0.2) is 0 Å². The van der Waals surface area contributed by atoms with Crippen molar-refractivity contribution in [1.29, 1.82) is 0 Å². The molecule has 0 amide bonds. The standard InChI is InChI=1S/C15H25NOS/c1-4-16-13(3)14-8-6-9-15(12-14)18-11-7-10-17-5-2/h6,8-9,12-13,16H,4-5,7,10-11H2,1-3H3. The van der Waals surface area contributed by atoms with Crippen molar-refractivity contribution in [2.75, 3.05) is 25.5 Å². The molecule has 0 radical (unpaired) electrons. The summed E-state index contributed by atoms with van der Waals surface area (Å²) in [5, 5.41) is 3.44. The van der Waals surface area contributed by atoms with Crippen LogP contribution in [0.4, 0.5) is 0 Å². The number of benzene rings is 1. The van der Waals surface area contributed by atoms with E-state index in [2.05, 4.69) is 43.4 Å². The molecule has 0 aromatic heterocycles. The summed E-state index contributed by atoms with van der Waals surface area (Å²) < 4.78 is 5.34. The molecule has 0 heterocycles. The topological polar surface area (TPSA) is 21.3 Å². The summed E-state index contributed by atoms with van der Waals surface area (Å²) in [6.45, 7) is 9.09. The molecule has 1 rings (SSSR count). The van der Waals surface area contributed by atoms with E-state index in [0.29, 0.717) is 6.04 Å². The van der Waals surface area contributed by atoms with Gasteiger partial charge in [-0.1, -0.05) is 19.1 Å².